The van der Waals surface area contributed by atoms with Crippen LogP contribution in [-0.2, 0) is 0 Å². The van der Waals surface area contributed by atoms with E-state index in [1.165, 1.54) is 26.4 Å². The molecular formula is C15H21N3O3. The molecule has 0 aromatic heterocycles. The molecule has 0 spiro atoms. The van der Waals surface area contributed by atoms with E-state index in [2.05, 4.69) is 10.2 Å². The monoisotopic (exact) mass is 291 g/mol. The molecule has 114 valence electrons. The van der Waals surface area contributed by atoms with E-state index in [4.69, 9.17) is 4.74 Å². The molecule has 2 aliphatic rings. The molecule has 21 heavy (non-hydrogen) atoms. The Bertz CT molecular complexity index is 531. The van der Waals surface area contributed by atoms with Gasteiger partial charge >= 0.3 is 5.69 Å². The standard InChI is InChI=1S/C15H21N3O3/c1-21-14-4-2-3-13(15(14)18(19)20)16-9-11-7-8-17(10-11)12-5-6-12/h2-4,11-12,16H,5-10H2,1H3. The van der Waals surface area contributed by atoms with Gasteiger partial charge < -0.3 is 15.0 Å². The number of rotatable bonds is 6. The Labute approximate surface area is 124 Å². The second kappa shape index (κ2) is 5.89. The third-order valence-corrected chi connectivity index (χ3v) is 4.36. The number of ether oxygens (including phenoxy) is 1. The molecule has 6 nitrogen and oxygen atoms in total. The summed E-state index contributed by atoms with van der Waals surface area (Å²) in [6.07, 6.45) is 3.84. The van der Waals surface area contributed by atoms with E-state index in [0.717, 1.165) is 25.7 Å². The zero-order valence-electron chi connectivity index (χ0n) is 12.2. The predicted molar refractivity (Wildman–Crippen MR) is 80.8 cm³/mol. The summed E-state index contributed by atoms with van der Waals surface area (Å²) in [5.74, 6) is 0.868. The van der Waals surface area contributed by atoms with Gasteiger partial charge in [0.1, 0.15) is 5.69 Å². The van der Waals surface area contributed by atoms with Gasteiger partial charge in [0, 0.05) is 19.1 Å². The van der Waals surface area contributed by atoms with E-state index in [0.29, 0.717) is 17.4 Å². The number of hydrogen-bond donors (Lipinski definition) is 1. The van der Waals surface area contributed by atoms with Crippen molar-refractivity contribution in [1.82, 2.24) is 4.90 Å². The van der Waals surface area contributed by atoms with Crippen molar-refractivity contribution in [3.05, 3.63) is 28.3 Å². The van der Waals surface area contributed by atoms with Crippen molar-refractivity contribution in [3.63, 3.8) is 0 Å². The lowest BCUT2D eigenvalue weighted by Gasteiger charge is -2.16. The first kappa shape index (κ1) is 14.1. The molecule has 2 fully saturated rings. The highest BCUT2D eigenvalue weighted by Gasteiger charge is 2.34. The minimum atomic E-state index is -0.383. The number of hydrogen-bond acceptors (Lipinski definition) is 5. The number of nitro groups is 1. The first-order valence-electron chi connectivity index (χ1n) is 7.48. The lowest BCUT2D eigenvalue weighted by atomic mass is 10.1. The van der Waals surface area contributed by atoms with Crippen LogP contribution >= 0.6 is 0 Å². The summed E-state index contributed by atoms with van der Waals surface area (Å²) in [6, 6.07) is 5.95. The molecule has 6 heteroatoms. The summed E-state index contributed by atoms with van der Waals surface area (Å²) in [6.45, 7) is 3.05. The fourth-order valence-electron chi connectivity index (χ4n) is 3.07. The van der Waals surface area contributed by atoms with Gasteiger partial charge in [0.05, 0.1) is 12.0 Å². The number of nitro benzene ring substituents is 1. The van der Waals surface area contributed by atoms with Gasteiger partial charge in [-0.05, 0) is 43.9 Å². The van der Waals surface area contributed by atoms with Crippen LogP contribution in [0.4, 0.5) is 11.4 Å². The van der Waals surface area contributed by atoms with Crippen LogP contribution in [0.15, 0.2) is 18.2 Å². The molecule has 0 bridgehead atoms. The van der Waals surface area contributed by atoms with Crippen LogP contribution in [0, 0.1) is 16.0 Å². The number of nitrogens with zero attached hydrogens (tertiary/aromatic N) is 2. The van der Waals surface area contributed by atoms with Crippen molar-refractivity contribution >= 4 is 11.4 Å². The van der Waals surface area contributed by atoms with Crippen LogP contribution in [0.25, 0.3) is 0 Å². The fraction of sp³-hybridized carbons (Fsp3) is 0.600. The van der Waals surface area contributed by atoms with Crippen molar-refractivity contribution in [1.29, 1.82) is 0 Å². The molecular weight excluding hydrogens is 270 g/mol. The molecule has 1 aromatic carbocycles. The van der Waals surface area contributed by atoms with E-state index in [-0.39, 0.29) is 10.6 Å². The van der Waals surface area contributed by atoms with Gasteiger partial charge in [-0.2, -0.15) is 0 Å². The zero-order valence-corrected chi connectivity index (χ0v) is 12.2. The third kappa shape index (κ3) is 3.10. The largest absolute Gasteiger partial charge is 0.490 e. The van der Waals surface area contributed by atoms with Crippen LogP contribution in [0.3, 0.4) is 0 Å². The van der Waals surface area contributed by atoms with E-state index in [9.17, 15) is 10.1 Å². The lowest BCUT2D eigenvalue weighted by Crippen LogP contribution is -2.24. The van der Waals surface area contributed by atoms with Crippen molar-refractivity contribution in [2.24, 2.45) is 5.92 Å². The quantitative estimate of drug-likeness (QED) is 0.644. The van der Waals surface area contributed by atoms with Crippen molar-refractivity contribution in [2.75, 3.05) is 32.1 Å². The number of benzene rings is 1. The van der Waals surface area contributed by atoms with Crippen molar-refractivity contribution in [2.45, 2.75) is 25.3 Å². The highest BCUT2D eigenvalue weighted by molar-refractivity contribution is 5.68. The Morgan fingerprint density at radius 2 is 2.24 bits per heavy atom. The number of methoxy groups -OCH3 is 1. The van der Waals surface area contributed by atoms with Gasteiger partial charge in [-0.25, -0.2) is 0 Å². The van der Waals surface area contributed by atoms with E-state index >= 15 is 0 Å². The van der Waals surface area contributed by atoms with E-state index in [1.54, 1.807) is 18.2 Å². The molecule has 1 aromatic rings. The van der Waals surface area contributed by atoms with Gasteiger partial charge in [0.15, 0.2) is 5.75 Å². The van der Waals surface area contributed by atoms with E-state index in [1.807, 2.05) is 0 Å². The third-order valence-electron chi connectivity index (χ3n) is 4.36. The average Bonchev–Trinajstić information content (AvgIpc) is 3.23. The maximum absolute atomic E-state index is 11.2. The molecule has 1 N–H and O–H groups in total. The summed E-state index contributed by atoms with van der Waals surface area (Å²) in [7, 11) is 1.45. The maximum atomic E-state index is 11.2. The number of likely N-dealkylation sites (tertiary alicyclic amines) is 1. The molecule has 1 atom stereocenters. The highest BCUT2D eigenvalue weighted by atomic mass is 16.6. The summed E-state index contributed by atoms with van der Waals surface area (Å²) in [5, 5.41) is 14.5. The van der Waals surface area contributed by atoms with Crippen molar-refractivity contribution in [3.8, 4) is 5.75 Å². The second-order valence-corrected chi connectivity index (χ2v) is 5.88. The Balaban J connectivity index is 1.63. The smallest absolute Gasteiger partial charge is 0.333 e. The first-order valence-corrected chi connectivity index (χ1v) is 7.48. The van der Waals surface area contributed by atoms with Gasteiger partial charge in [0.25, 0.3) is 0 Å². The Morgan fingerprint density at radius 1 is 1.43 bits per heavy atom. The van der Waals surface area contributed by atoms with Gasteiger partial charge in [-0.1, -0.05) is 6.07 Å². The summed E-state index contributed by atoms with van der Waals surface area (Å²) >= 11 is 0. The maximum Gasteiger partial charge on any atom is 0.333 e. The summed E-state index contributed by atoms with van der Waals surface area (Å²) < 4.78 is 5.09. The summed E-state index contributed by atoms with van der Waals surface area (Å²) in [4.78, 5) is 13.4. The SMILES string of the molecule is COc1cccc(NCC2CCN(C3CC3)C2)c1[N+](=O)[O-]. The number of anilines is 1. The average molecular weight is 291 g/mol. The zero-order chi connectivity index (χ0) is 14.8. The van der Waals surface area contributed by atoms with Crippen LogP contribution < -0.4 is 10.1 Å². The van der Waals surface area contributed by atoms with Gasteiger partial charge in [0.2, 0.25) is 0 Å². The van der Waals surface area contributed by atoms with Gasteiger partial charge in [-0.3, -0.25) is 10.1 Å². The fourth-order valence-corrected chi connectivity index (χ4v) is 3.07. The number of para-hydroxylation sites is 1. The summed E-state index contributed by atoms with van der Waals surface area (Å²) in [5.41, 5.74) is 0.571. The molecule has 1 aliphatic heterocycles. The molecule has 0 radical (unpaired) electrons. The lowest BCUT2D eigenvalue weighted by molar-refractivity contribution is -0.384. The van der Waals surface area contributed by atoms with Crippen molar-refractivity contribution < 1.29 is 9.66 Å². The molecule has 1 aliphatic carbocycles. The first-order chi connectivity index (χ1) is 10.2. The Morgan fingerprint density at radius 3 is 2.90 bits per heavy atom. The molecule has 1 saturated carbocycles. The molecule has 1 heterocycles. The van der Waals surface area contributed by atoms with Crippen LogP contribution in [0.5, 0.6) is 5.75 Å². The molecule has 0 amide bonds. The van der Waals surface area contributed by atoms with Gasteiger partial charge in [-0.15, -0.1) is 0 Å². The Kier molecular flexibility index (Phi) is 3.96. The van der Waals surface area contributed by atoms with Crippen LogP contribution in [0.1, 0.15) is 19.3 Å². The minimum Gasteiger partial charge on any atom is -0.490 e. The molecule has 3 rings (SSSR count). The van der Waals surface area contributed by atoms with Crippen LogP contribution in [0.2, 0.25) is 0 Å². The predicted octanol–water partition coefficient (Wildman–Crippen LogP) is 2.50. The minimum absolute atomic E-state index is 0.0250. The Hall–Kier alpha value is -1.82. The number of nitrogens with one attached hydrogen (secondary N) is 1. The normalized spacial score (nSPS) is 22.2. The molecule has 1 saturated heterocycles. The highest BCUT2D eigenvalue weighted by Crippen LogP contribution is 2.35. The van der Waals surface area contributed by atoms with Crippen LogP contribution in [-0.4, -0.2) is 42.6 Å². The molecule has 1 unspecified atom stereocenters. The van der Waals surface area contributed by atoms with E-state index < -0.39 is 0 Å². The topological polar surface area (TPSA) is 67.6 Å². The second-order valence-electron chi connectivity index (χ2n) is 5.88.